The highest BCUT2D eigenvalue weighted by atomic mass is 32.1. The van der Waals surface area contributed by atoms with Gasteiger partial charge in [0, 0.05) is 12.7 Å². The zero-order valence-corrected chi connectivity index (χ0v) is 14.2. The number of hydrogen-bond donors (Lipinski definition) is 1. The van der Waals surface area contributed by atoms with Gasteiger partial charge in [-0.3, -0.25) is 9.78 Å². The Labute approximate surface area is 147 Å². The summed E-state index contributed by atoms with van der Waals surface area (Å²) in [5.74, 6) is 0.167. The number of aliphatic hydroxyl groups excluding tert-OH is 1. The molecule has 0 saturated carbocycles. The third-order valence-corrected chi connectivity index (χ3v) is 5.06. The van der Waals surface area contributed by atoms with Crippen LogP contribution in [0.1, 0.15) is 28.3 Å². The van der Waals surface area contributed by atoms with Crippen LogP contribution >= 0.6 is 11.3 Å². The summed E-state index contributed by atoms with van der Waals surface area (Å²) in [6.07, 6.45) is 2.93. The Morgan fingerprint density at radius 2 is 2.32 bits per heavy atom. The summed E-state index contributed by atoms with van der Waals surface area (Å²) < 4.78 is 5.39. The summed E-state index contributed by atoms with van der Waals surface area (Å²) in [5.41, 5.74) is 1.00. The monoisotopic (exact) mass is 357 g/mol. The number of carbonyl (C=O) groups excluding carboxylic acids is 1. The largest absolute Gasteiger partial charge is 0.448 e. The van der Waals surface area contributed by atoms with Gasteiger partial charge in [-0.2, -0.15) is 0 Å². The van der Waals surface area contributed by atoms with E-state index in [9.17, 15) is 9.90 Å². The van der Waals surface area contributed by atoms with Crippen molar-refractivity contribution in [3.05, 3.63) is 47.3 Å². The van der Waals surface area contributed by atoms with Gasteiger partial charge in [0.05, 0.1) is 18.6 Å². The number of likely N-dealkylation sites (tertiary alicyclic amines) is 1. The minimum atomic E-state index is -0.471. The van der Waals surface area contributed by atoms with Crippen LogP contribution in [-0.2, 0) is 6.42 Å². The van der Waals surface area contributed by atoms with E-state index in [0.717, 1.165) is 15.7 Å². The van der Waals surface area contributed by atoms with Crippen LogP contribution in [0.2, 0.25) is 0 Å². The van der Waals surface area contributed by atoms with Crippen molar-refractivity contribution in [3.63, 3.8) is 0 Å². The second-order valence-electron chi connectivity index (χ2n) is 5.78. The van der Waals surface area contributed by atoms with Crippen molar-refractivity contribution in [1.82, 2.24) is 25.1 Å². The van der Waals surface area contributed by atoms with Crippen molar-refractivity contribution in [3.8, 4) is 10.7 Å². The molecule has 8 nitrogen and oxygen atoms in total. The molecular formula is C16H15N5O3S. The summed E-state index contributed by atoms with van der Waals surface area (Å²) in [6, 6.07) is 5.41. The van der Waals surface area contributed by atoms with Crippen LogP contribution in [0.5, 0.6) is 0 Å². The Balaban J connectivity index is 1.45. The molecule has 1 aliphatic heterocycles. The van der Waals surface area contributed by atoms with E-state index < -0.39 is 6.10 Å². The van der Waals surface area contributed by atoms with E-state index in [4.69, 9.17) is 4.42 Å². The van der Waals surface area contributed by atoms with Gasteiger partial charge in [0.1, 0.15) is 17.0 Å². The summed E-state index contributed by atoms with van der Waals surface area (Å²) in [5, 5.41) is 19.2. The molecule has 1 saturated heterocycles. The van der Waals surface area contributed by atoms with Crippen LogP contribution in [0.25, 0.3) is 10.7 Å². The fourth-order valence-corrected chi connectivity index (χ4v) is 3.35. The van der Waals surface area contributed by atoms with Crippen LogP contribution in [0.15, 0.2) is 35.1 Å². The van der Waals surface area contributed by atoms with Gasteiger partial charge in [-0.15, -0.1) is 10.2 Å². The fraction of sp³-hybridized carbons (Fsp3) is 0.312. The number of pyridine rings is 1. The van der Waals surface area contributed by atoms with E-state index in [0.29, 0.717) is 18.9 Å². The van der Waals surface area contributed by atoms with E-state index >= 15 is 0 Å². The molecule has 128 valence electrons. The molecule has 0 aliphatic carbocycles. The average molecular weight is 357 g/mol. The van der Waals surface area contributed by atoms with Crippen molar-refractivity contribution < 1.29 is 14.3 Å². The predicted octanol–water partition coefficient (Wildman–Crippen LogP) is 1.38. The molecular weight excluding hydrogens is 342 g/mol. The molecule has 0 spiro atoms. The highest BCUT2D eigenvalue weighted by Crippen LogP contribution is 2.24. The molecule has 25 heavy (non-hydrogen) atoms. The predicted molar refractivity (Wildman–Crippen MR) is 89.0 cm³/mol. The molecule has 1 fully saturated rings. The second kappa shape index (κ2) is 6.34. The molecule has 1 aliphatic rings. The Kier molecular flexibility index (Phi) is 4.02. The first kappa shape index (κ1) is 15.9. The molecule has 0 aromatic carbocycles. The van der Waals surface area contributed by atoms with Gasteiger partial charge in [-0.25, -0.2) is 4.98 Å². The van der Waals surface area contributed by atoms with Crippen molar-refractivity contribution in [2.24, 2.45) is 0 Å². The van der Waals surface area contributed by atoms with Gasteiger partial charge in [0.15, 0.2) is 10.7 Å². The number of rotatable bonds is 4. The molecule has 0 radical (unpaired) electrons. The molecule has 1 amide bonds. The summed E-state index contributed by atoms with van der Waals surface area (Å²) >= 11 is 1.41. The first-order valence-electron chi connectivity index (χ1n) is 7.79. The third-order valence-electron chi connectivity index (χ3n) is 4.12. The minimum absolute atomic E-state index is 0.197. The van der Waals surface area contributed by atoms with E-state index in [1.54, 1.807) is 18.0 Å². The Morgan fingerprint density at radius 1 is 1.44 bits per heavy atom. The zero-order valence-electron chi connectivity index (χ0n) is 13.4. The van der Waals surface area contributed by atoms with E-state index in [-0.39, 0.29) is 17.6 Å². The Morgan fingerprint density at radius 3 is 3.04 bits per heavy atom. The quantitative estimate of drug-likeness (QED) is 0.752. The van der Waals surface area contributed by atoms with Crippen LogP contribution < -0.4 is 0 Å². The van der Waals surface area contributed by atoms with Crippen LogP contribution in [0, 0.1) is 0 Å². The van der Waals surface area contributed by atoms with Crippen molar-refractivity contribution in [2.75, 3.05) is 6.54 Å². The van der Waals surface area contributed by atoms with Crippen LogP contribution in [0.4, 0.5) is 0 Å². The molecule has 2 unspecified atom stereocenters. The number of aliphatic hydroxyl groups is 1. The van der Waals surface area contributed by atoms with E-state index in [1.165, 1.54) is 17.6 Å². The van der Waals surface area contributed by atoms with Crippen molar-refractivity contribution in [1.29, 1.82) is 0 Å². The normalized spacial score (nSPS) is 19.7. The molecule has 0 bridgehead atoms. The molecule has 2 atom stereocenters. The molecule has 1 N–H and O–H groups in total. The maximum atomic E-state index is 12.3. The summed E-state index contributed by atoms with van der Waals surface area (Å²) in [4.78, 5) is 22.3. The van der Waals surface area contributed by atoms with Gasteiger partial charge in [0.25, 0.3) is 5.91 Å². The van der Waals surface area contributed by atoms with Crippen molar-refractivity contribution in [2.45, 2.75) is 25.5 Å². The molecule has 4 rings (SSSR count). The maximum absolute atomic E-state index is 12.3. The second-order valence-corrected chi connectivity index (χ2v) is 6.85. The fourth-order valence-electron chi connectivity index (χ4n) is 2.54. The minimum Gasteiger partial charge on any atom is -0.448 e. The number of aromatic nitrogens is 4. The molecule has 9 heteroatoms. The Bertz CT molecular complexity index is 894. The van der Waals surface area contributed by atoms with Crippen LogP contribution in [-0.4, -0.2) is 54.8 Å². The van der Waals surface area contributed by atoms with Crippen LogP contribution in [0.3, 0.4) is 0 Å². The van der Waals surface area contributed by atoms with Gasteiger partial charge in [-0.05, 0) is 19.1 Å². The molecule has 3 aromatic rings. The smallest absolute Gasteiger partial charge is 0.276 e. The van der Waals surface area contributed by atoms with Crippen molar-refractivity contribution >= 4 is 17.2 Å². The SMILES string of the molecule is CC1C(O)CN1C(=O)c1coc(Cc2nnc(-c3ccccn3)s2)n1. The van der Waals surface area contributed by atoms with Gasteiger partial charge in [0.2, 0.25) is 5.89 Å². The lowest BCUT2D eigenvalue weighted by atomic mass is 10.0. The first-order valence-corrected chi connectivity index (χ1v) is 8.60. The number of nitrogens with zero attached hydrogens (tertiary/aromatic N) is 5. The standard InChI is InChI=1S/C16H15N5O3S/c1-9-12(22)7-21(9)16(23)11-8-24-13(18-11)6-14-19-20-15(25-14)10-4-2-3-5-17-10/h2-5,8-9,12,22H,6-7H2,1H3. The lowest BCUT2D eigenvalue weighted by Gasteiger charge is -2.42. The summed E-state index contributed by atoms with van der Waals surface area (Å²) in [7, 11) is 0. The van der Waals surface area contributed by atoms with Gasteiger partial charge < -0.3 is 14.4 Å². The topological polar surface area (TPSA) is 105 Å². The molecule has 3 aromatic heterocycles. The molecule has 4 heterocycles. The number of β-amino-alcohol motifs (C(OH)–C–C–N with tert-alkyl or cyclic N) is 1. The van der Waals surface area contributed by atoms with Gasteiger partial charge >= 0.3 is 0 Å². The number of hydrogen-bond acceptors (Lipinski definition) is 8. The third kappa shape index (κ3) is 3.03. The van der Waals surface area contributed by atoms with E-state index in [1.807, 2.05) is 18.2 Å². The highest BCUT2D eigenvalue weighted by Gasteiger charge is 2.38. The number of carbonyl (C=O) groups is 1. The lowest BCUT2D eigenvalue weighted by molar-refractivity contribution is -0.0360. The Hall–Kier alpha value is -2.65. The lowest BCUT2D eigenvalue weighted by Crippen LogP contribution is -2.60. The van der Waals surface area contributed by atoms with Gasteiger partial charge in [-0.1, -0.05) is 17.4 Å². The summed E-state index contributed by atoms with van der Waals surface area (Å²) in [6.45, 7) is 2.12. The maximum Gasteiger partial charge on any atom is 0.276 e. The first-order chi connectivity index (χ1) is 12.1. The highest BCUT2D eigenvalue weighted by molar-refractivity contribution is 7.14. The average Bonchev–Trinajstić information content (AvgIpc) is 3.29. The zero-order chi connectivity index (χ0) is 17.4. The number of oxazole rings is 1. The van der Waals surface area contributed by atoms with E-state index in [2.05, 4.69) is 20.2 Å². The number of amides is 1.